The number of epoxide rings is 1. The third-order valence-corrected chi connectivity index (χ3v) is 8.18. The summed E-state index contributed by atoms with van der Waals surface area (Å²) in [6.45, 7) is 4.62. The third kappa shape index (κ3) is 3.62. The van der Waals surface area contributed by atoms with Gasteiger partial charge in [-0.25, -0.2) is 0 Å². The minimum Gasteiger partial charge on any atom is -0.497 e. The number of rotatable bonds is 9. The van der Waals surface area contributed by atoms with Crippen molar-refractivity contribution in [2.75, 3.05) is 28.4 Å². The van der Waals surface area contributed by atoms with Crippen LogP contribution in [-0.2, 0) is 36.8 Å². The van der Waals surface area contributed by atoms with Crippen molar-refractivity contribution < 1.29 is 32.9 Å². The Morgan fingerprint density at radius 1 is 0.947 bits per heavy atom. The van der Waals surface area contributed by atoms with Crippen molar-refractivity contribution in [1.82, 2.24) is 5.16 Å². The number of ether oxygens (including phenoxy) is 6. The highest BCUT2D eigenvalue weighted by Gasteiger charge is 2.61. The summed E-state index contributed by atoms with van der Waals surface area (Å²) in [5.41, 5.74) is 3.41. The first-order valence-electron chi connectivity index (χ1n) is 12.7. The summed E-state index contributed by atoms with van der Waals surface area (Å²) in [6.07, 6.45) is 4.26. The Morgan fingerprint density at radius 2 is 1.68 bits per heavy atom. The van der Waals surface area contributed by atoms with Crippen LogP contribution in [0.1, 0.15) is 48.8 Å². The Hall–Kier alpha value is -3.17. The van der Waals surface area contributed by atoms with Gasteiger partial charge in [0.05, 0.1) is 49.6 Å². The number of methoxy groups -OCH3 is 4. The van der Waals surface area contributed by atoms with Gasteiger partial charge in [0.1, 0.15) is 17.2 Å². The number of benzene rings is 2. The molecular weight excluding hydrogens is 486 g/mol. The predicted molar refractivity (Wildman–Crippen MR) is 139 cm³/mol. The number of fused-ring (bicyclic) bond motifs is 2. The normalized spacial score (nSPS) is 25.4. The van der Waals surface area contributed by atoms with E-state index in [4.69, 9.17) is 32.9 Å². The Balaban J connectivity index is 1.61. The van der Waals surface area contributed by atoms with E-state index in [1.807, 2.05) is 36.4 Å². The van der Waals surface area contributed by atoms with Gasteiger partial charge in [0.2, 0.25) is 5.76 Å². The van der Waals surface area contributed by atoms with Crippen molar-refractivity contribution in [3.05, 3.63) is 77.1 Å². The van der Waals surface area contributed by atoms with Crippen LogP contribution in [0.15, 0.2) is 59.1 Å². The summed E-state index contributed by atoms with van der Waals surface area (Å²) in [4.78, 5) is 0. The molecule has 1 aromatic heterocycles. The minimum absolute atomic E-state index is 0.0113. The molecule has 3 aliphatic rings. The predicted octanol–water partition coefficient (Wildman–Crippen LogP) is 5.45. The van der Waals surface area contributed by atoms with Gasteiger partial charge in [-0.1, -0.05) is 41.6 Å². The van der Waals surface area contributed by atoms with E-state index in [1.54, 1.807) is 28.4 Å². The van der Waals surface area contributed by atoms with Crippen LogP contribution in [0.25, 0.3) is 11.3 Å². The molecule has 1 aliphatic heterocycles. The topological polar surface area (TPSA) is 84.7 Å². The Kier molecular flexibility index (Phi) is 5.92. The molecule has 0 unspecified atom stereocenters. The van der Waals surface area contributed by atoms with Crippen molar-refractivity contribution in [1.29, 1.82) is 0 Å². The first kappa shape index (κ1) is 25.1. The van der Waals surface area contributed by atoms with Crippen molar-refractivity contribution in [3.63, 3.8) is 0 Å². The van der Waals surface area contributed by atoms with Crippen LogP contribution in [-0.4, -0.2) is 45.3 Å². The molecule has 1 fully saturated rings. The molecule has 0 bridgehead atoms. The van der Waals surface area contributed by atoms with Crippen molar-refractivity contribution in [3.8, 4) is 22.8 Å². The lowest BCUT2D eigenvalue weighted by atomic mass is 9.61. The number of hydrogen-bond donors (Lipinski definition) is 0. The molecule has 8 nitrogen and oxygen atoms in total. The summed E-state index contributed by atoms with van der Waals surface area (Å²) in [5.74, 6) is 0.568. The van der Waals surface area contributed by atoms with Gasteiger partial charge in [-0.05, 0) is 43.5 Å². The average molecular weight is 520 g/mol. The van der Waals surface area contributed by atoms with Crippen LogP contribution in [0.4, 0.5) is 0 Å². The Labute approximate surface area is 222 Å². The largest absolute Gasteiger partial charge is 0.497 e. The third-order valence-electron chi connectivity index (χ3n) is 8.18. The molecule has 3 aromatic rings. The molecule has 8 heteroatoms. The van der Waals surface area contributed by atoms with Crippen LogP contribution in [0.5, 0.6) is 11.5 Å². The molecule has 0 radical (unpaired) electrons. The molecule has 1 saturated heterocycles. The highest BCUT2D eigenvalue weighted by Crippen LogP contribution is 2.63. The first-order chi connectivity index (χ1) is 18.3. The highest BCUT2D eigenvalue weighted by molar-refractivity contribution is 5.81. The molecule has 200 valence electrons. The van der Waals surface area contributed by atoms with E-state index >= 15 is 0 Å². The smallest absolute Gasteiger partial charge is 0.251 e. The van der Waals surface area contributed by atoms with Gasteiger partial charge >= 0.3 is 0 Å². The van der Waals surface area contributed by atoms with Gasteiger partial charge in [-0.2, -0.15) is 0 Å². The molecule has 38 heavy (non-hydrogen) atoms. The fraction of sp³-hybridized carbons (Fsp3) is 0.433. The van der Waals surface area contributed by atoms with Crippen LogP contribution >= 0.6 is 0 Å². The van der Waals surface area contributed by atoms with Gasteiger partial charge in [-0.3, -0.25) is 0 Å². The van der Waals surface area contributed by atoms with Crippen molar-refractivity contribution >= 4 is 0 Å². The Morgan fingerprint density at radius 3 is 2.32 bits per heavy atom. The van der Waals surface area contributed by atoms with E-state index in [-0.39, 0.29) is 11.7 Å². The SMILES string of the molecule is COc1cc(OC)c2c(c1)[C@@H](OCc1ccccc1)[C@]1(C[C@@H]3OC3(C)C)C=CC(OC)(OC)c3onc-2c31. The minimum atomic E-state index is -1.22. The monoisotopic (exact) mass is 519 g/mol. The molecule has 2 aromatic carbocycles. The average Bonchev–Trinajstić information content (AvgIpc) is 3.30. The zero-order valence-corrected chi connectivity index (χ0v) is 22.6. The maximum absolute atomic E-state index is 6.88. The molecule has 6 rings (SSSR count). The van der Waals surface area contributed by atoms with E-state index in [1.165, 1.54) is 0 Å². The van der Waals surface area contributed by atoms with Gasteiger partial charge < -0.3 is 32.9 Å². The lowest BCUT2D eigenvalue weighted by Crippen LogP contribution is -2.45. The summed E-state index contributed by atoms with van der Waals surface area (Å²) in [5, 5.41) is 4.58. The summed E-state index contributed by atoms with van der Waals surface area (Å²) >= 11 is 0. The fourth-order valence-electron chi connectivity index (χ4n) is 5.99. The zero-order chi connectivity index (χ0) is 26.7. The fourth-order valence-corrected chi connectivity index (χ4v) is 5.99. The Bertz CT molecular complexity index is 1370. The summed E-state index contributed by atoms with van der Waals surface area (Å²) in [6, 6.07) is 14.0. The molecular formula is C30H33NO7. The maximum Gasteiger partial charge on any atom is 0.251 e. The molecule has 3 atom stereocenters. The molecule has 2 aliphatic carbocycles. The summed E-state index contributed by atoms with van der Waals surface area (Å²) in [7, 11) is 6.47. The van der Waals surface area contributed by atoms with Crippen molar-refractivity contribution in [2.45, 2.75) is 55.9 Å². The van der Waals surface area contributed by atoms with E-state index in [0.717, 1.165) is 22.3 Å². The lowest BCUT2D eigenvalue weighted by Gasteiger charge is -2.46. The van der Waals surface area contributed by atoms with Gasteiger partial charge in [0, 0.05) is 25.8 Å². The van der Waals surface area contributed by atoms with E-state index in [9.17, 15) is 0 Å². The molecule has 2 heterocycles. The molecule has 0 amide bonds. The number of hydrogen-bond acceptors (Lipinski definition) is 8. The lowest BCUT2D eigenvalue weighted by molar-refractivity contribution is -0.194. The van der Waals surface area contributed by atoms with Crippen LogP contribution in [0.2, 0.25) is 0 Å². The first-order valence-corrected chi connectivity index (χ1v) is 12.7. The zero-order valence-electron chi connectivity index (χ0n) is 22.6. The molecule has 0 spiro atoms. The van der Waals surface area contributed by atoms with Crippen LogP contribution < -0.4 is 9.47 Å². The van der Waals surface area contributed by atoms with E-state index < -0.39 is 17.3 Å². The van der Waals surface area contributed by atoms with Gasteiger partial charge in [0.15, 0.2) is 0 Å². The van der Waals surface area contributed by atoms with Gasteiger partial charge in [0.25, 0.3) is 5.79 Å². The van der Waals surface area contributed by atoms with Crippen molar-refractivity contribution in [2.24, 2.45) is 0 Å². The van der Waals surface area contributed by atoms with Crippen LogP contribution in [0.3, 0.4) is 0 Å². The maximum atomic E-state index is 6.88. The number of aromatic nitrogens is 1. The van der Waals surface area contributed by atoms with E-state index in [2.05, 4.69) is 37.2 Å². The quantitative estimate of drug-likeness (QED) is 0.210. The van der Waals surface area contributed by atoms with Gasteiger partial charge in [-0.15, -0.1) is 0 Å². The van der Waals surface area contributed by atoms with Crippen LogP contribution in [0, 0.1) is 0 Å². The van der Waals surface area contributed by atoms with E-state index in [0.29, 0.717) is 36.0 Å². The molecule has 0 N–H and O–H groups in total. The number of nitrogens with zero attached hydrogens (tertiary/aromatic N) is 1. The highest BCUT2D eigenvalue weighted by atomic mass is 16.7. The standard InChI is InChI=1S/C30H33NO7/c1-28(2)22(37-28)16-29-12-13-30(34-5,35-6)27-24(29)25(31-38-27)23-20(14-19(32-3)15-21(23)33-4)26(29)36-17-18-10-8-7-9-11-18/h7-15,22,26H,16-17H2,1-6H3/t22-,26+,29-/m0/s1. The second-order valence-corrected chi connectivity index (χ2v) is 10.6. The second kappa shape index (κ2) is 8.95. The summed E-state index contributed by atoms with van der Waals surface area (Å²) < 4.78 is 42.3. The molecule has 0 saturated carbocycles. The second-order valence-electron chi connectivity index (χ2n) is 10.6.